The number of benzene rings is 2. The van der Waals surface area contributed by atoms with Crippen molar-refractivity contribution < 1.29 is 9.59 Å². The number of piperidine rings is 1. The lowest BCUT2D eigenvalue weighted by atomic mass is 9.80. The van der Waals surface area contributed by atoms with Crippen LogP contribution < -0.4 is 0 Å². The average Bonchev–Trinajstić information content (AvgIpc) is 3.42. The maximum absolute atomic E-state index is 13.8. The van der Waals surface area contributed by atoms with Crippen LogP contribution in [0, 0.1) is 0 Å². The van der Waals surface area contributed by atoms with Crippen molar-refractivity contribution in [3.8, 4) is 0 Å². The number of hydrogen-bond acceptors (Lipinski definition) is 3. The molecule has 3 aliphatic rings. The molecule has 2 aromatic carbocycles. The molecule has 3 saturated heterocycles. The lowest BCUT2D eigenvalue weighted by molar-refractivity contribution is -0.172. The highest BCUT2D eigenvalue weighted by Gasteiger charge is 2.57. The summed E-state index contributed by atoms with van der Waals surface area (Å²) < 4.78 is 0. The second-order valence-electron chi connectivity index (χ2n) is 10.9. The van der Waals surface area contributed by atoms with Crippen LogP contribution in [0.5, 0.6) is 0 Å². The van der Waals surface area contributed by atoms with E-state index in [0.29, 0.717) is 6.54 Å². The topological polar surface area (TPSA) is 43.9 Å². The summed E-state index contributed by atoms with van der Waals surface area (Å²) in [4.78, 5) is 33.9. The van der Waals surface area contributed by atoms with Gasteiger partial charge in [-0.2, -0.15) is 0 Å². The minimum Gasteiger partial charge on any atom is -0.329 e. The van der Waals surface area contributed by atoms with Crippen LogP contribution in [0.4, 0.5) is 0 Å². The van der Waals surface area contributed by atoms with E-state index in [1.807, 2.05) is 28.0 Å². The number of nitrogens with zero attached hydrogens (tertiary/aromatic N) is 3. The van der Waals surface area contributed by atoms with Crippen LogP contribution in [0.25, 0.3) is 0 Å². The zero-order valence-corrected chi connectivity index (χ0v) is 21.6. The van der Waals surface area contributed by atoms with Gasteiger partial charge >= 0.3 is 0 Å². The molecule has 2 aromatic rings. The van der Waals surface area contributed by atoms with E-state index in [0.717, 1.165) is 58.3 Å². The van der Waals surface area contributed by atoms with Crippen molar-refractivity contribution in [1.82, 2.24) is 14.7 Å². The minimum atomic E-state index is -0.640. The Kier molecular flexibility index (Phi) is 8.05. The Morgan fingerprint density at radius 3 is 2.06 bits per heavy atom. The molecule has 3 heterocycles. The Bertz CT molecular complexity index is 1000. The van der Waals surface area contributed by atoms with Gasteiger partial charge in [0.2, 0.25) is 11.8 Å². The lowest BCUT2D eigenvalue weighted by Crippen LogP contribution is -2.72. The molecular formula is C31H41N3O2. The normalized spacial score (nSPS) is 21.8. The van der Waals surface area contributed by atoms with Gasteiger partial charge in [0.05, 0.1) is 0 Å². The largest absolute Gasteiger partial charge is 0.329 e. The summed E-state index contributed by atoms with van der Waals surface area (Å²) >= 11 is 0. The van der Waals surface area contributed by atoms with Gasteiger partial charge in [-0.25, -0.2) is 0 Å². The number of amides is 2. The van der Waals surface area contributed by atoms with E-state index in [1.165, 1.54) is 43.2 Å². The van der Waals surface area contributed by atoms with Crippen LogP contribution in [-0.4, -0.2) is 70.8 Å². The van der Waals surface area contributed by atoms with Crippen molar-refractivity contribution >= 4 is 11.8 Å². The quantitative estimate of drug-likeness (QED) is 0.456. The van der Waals surface area contributed by atoms with E-state index in [-0.39, 0.29) is 17.9 Å². The number of likely N-dealkylation sites (tertiary alicyclic amines) is 1. The summed E-state index contributed by atoms with van der Waals surface area (Å²) in [7, 11) is 0. The number of carbonyl (C=O) groups excluding carboxylic acids is 2. The van der Waals surface area contributed by atoms with Gasteiger partial charge in [0.25, 0.3) is 0 Å². The smallest absolute Gasteiger partial charge is 0.249 e. The number of aryl methyl sites for hydroxylation is 1. The van der Waals surface area contributed by atoms with Gasteiger partial charge in [-0.3, -0.25) is 9.59 Å². The van der Waals surface area contributed by atoms with E-state index in [9.17, 15) is 9.59 Å². The highest BCUT2D eigenvalue weighted by molar-refractivity contribution is 6.00. The predicted molar refractivity (Wildman–Crippen MR) is 144 cm³/mol. The molecular weight excluding hydrogens is 446 g/mol. The number of hydrogen-bond donors (Lipinski definition) is 0. The summed E-state index contributed by atoms with van der Waals surface area (Å²) in [6.45, 7) is 4.29. The zero-order chi connectivity index (χ0) is 24.8. The Labute approximate surface area is 216 Å². The predicted octanol–water partition coefficient (Wildman–Crippen LogP) is 4.70. The standard InChI is InChI=1S/C31H41N3O2/c35-29-28-17-11-22-33(28)30(36)31(34(29)23-18-27-15-8-4-9-16-27)19-24-32(25-20-31)21-10-2-1-5-12-26-13-6-3-7-14-26/h3-4,6-9,13-16,28H,1-2,5,10-12,17-25H2. The molecule has 5 heteroatoms. The van der Waals surface area contributed by atoms with Crippen molar-refractivity contribution in [2.24, 2.45) is 0 Å². The third kappa shape index (κ3) is 5.36. The number of fused-ring (bicyclic) bond motifs is 1. The molecule has 3 fully saturated rings. The van der Waals surface area contributed by atoms with Crippen molar-refractivity contribution in [3.05, 3.63) is 71.8 Å². The van der Waals surface area contributed by atoms with Crippen molar-refractivity contribution in [1.29, 1.82) is 0 Å². The van der Waals surface area contributed by atoms with Crippen molar-refractivity contribution in [2.45, 2.75) is 75.8 Å². The van der Waals surface area contributed by atoms with Gasteiger partial charge < -0.3 is 14.7 Å². The maximum Gasteiger partial charge on any atom is 0.249 e. The third-order valence-corrected chi connectivity index (χ3v) is 8.66. The summed E-state index contributed by atoms with van der Waals surface area (Å²) in [6.07, 6.45) is 10.2. The van der Waals surface area contributed by atoms with Crippen LogP contribution in [0.15, 0.2) is 60.7 Å². The van der Waals surface area contributed by atoms with Crippen LogP contribution in [-0.2, 0) is 22.4 Å². The second kappa shape index (κ2) is 11.6. The molecule has 0 radical (unpaired) electrons. The molecule has 2 amide bonds. The van der Waals surface area contributed by atoms with E-state index in [4.69, 9.17) is 0 Å². The van der Waals surface area contributed by atoms with Crippen molar-refractivity contribution in [3.63, 3.8) is 0 Å². The Balaban J connectivity index is 1.14. The van der Waals surface area contributed by atoms with E-state index >= 15 is 0 Å². The molecule has 1 spiro atoms. The molecule has 0 bridgehead atoms. The summed E-state index contributed by atoms with van der Waals surface area (Å²) in [5.74, 6) is 0.410. The summed E-state index contributed by atoms with van der Waals surface area (Å²) in [6, 6.07) is 20.9. The Morgan fingerprint density at radius 2 is 1.36 bits per heavy atom. The molecule has 0 saturated carbocycles. The summed E-state index contributed by atoms with van der Waals surface area (Å²) in [5, 5.41) is 0. The highest BCUT2D eigenvalue weighted by Crippen LogP contribution is 2.39. The average molecular weight is 488 g/mol. The van der Waals surface area contributed by atoms with Crippen LogP contribution in [0.2, 0.25) is 0 Å². The molecule has 5 nitrogen and oxygen atoms in total. The fraction of sp³-hybridized carbons (Fsp3) is 0.548. The van der Waals surface area contributed by atoms with E-state index in [2.05, 4.69) is 47.4 Å². The Hall–Kier alpha value is -2.66. The molecule has 3 aliphatic heterocycles. The third-order valence-electron chi connectivity index (χ3n) is 8.66. The van der Waals surface area contributed by atoms with Gasteiger partial charge in [-0.05, 0) is 69.0 Å². The molecule has 36 heavy (non-hydrogen) atoms. The number of carbonyl (C=O) groups is 2. The lowest BCUT2D eigenvalue weighted by Gasteiger charge is -2.53. The monoisotopic (exact) mass is 487 g/mol. The molecule has 5 rings (SSSR count). The van der Waals surface area contributed by atoms with Gasteiger partial charge in [-0.1, -0.05) is 73.5 Å². The SMILES string of the molecule is O=C1C2CCCN2C(=O)C2(CCN(CCCCCCc3ccccc3)CC2)N1CCc1ccccc1. The van der Waals surface area contributed by atoms with Crippen LogP contribution >= 0.6 is 0 Å². The fourth-order valence-electron chi connectivity index (χ4n) is 6.54. The first-order chi connectivity index (χ1) is 17.7. The van der Waals surface area contributed by atoms with Gasteiger partial charge in [0.15, 0.2) is 0 Å². The molecule has 0 aromatic heterocycles. The zero-order valence-electron chi connectivity index (χ0n) is 21.6. The van der Waals surface area contributed by atoms with Gasteiger partial charge in [0, 0.05) is 26.2 Å². The second-order valence-corrected chi connectivity index (χ2v) is 10.9. The highest BCUT2D eigenvalue weighted by atomic mass is 16.2. The number of rotatable bonds is 10. The maximum atomic E-state index is 13.8. The summed E-state index contributed by atoms with van der Waals surface area (Å²) in [5.41, 5.74) is 2.02. The fourth-order valence-corrected chi connectivity index (χ4v) is 6.54. The van der Waals surface area contributed by atoms with Crippen molar-refractivity contribution in [2.75, 3.05) is 32.7 Å². The molecule has 1 atom stereocenters. The molecule has 0 N–H and O–H groups in total. The Morgan fingerprint density at radius 1 is 0.722 bits per heavy atom. The molecule has 192 valence electrons. The number of unbranched alkanes of at least 4 members (excludes halogenated alkanes) is 3. The van der Waals surface area contributed by atoms with Gasteiger partial charge in [-0.15, -0.1) is 0 Å². The minimum absolute atomic E-state index is 0.190. The first-order valence-electron chi connectivity index (χ1n) is 14.1. The first kappa shape index (κ1) is 25.0. The van der Waals surface area contributed by atoms with Crippen LogP contribution in [0.1, 0.15) is 62.5 Å². The van der Waals surface area contributed by atoms with Gasteiger partial charge in [0.1, 0.15) is 11.6 Å². The van der Waals surface area contributed by atoms with E-state index < -0.39 is 5.54 Å². The number of piperazine rings is 1. The molecule has 1 unspecified atom stereocenters. The van der Waals surface area contributed by atoms with E-state index in [1.54, 1.807) is 0 Å². The first-order valence-corrected chi connectivity index (χ1v) is 14.1. The molecule has 0 aliphatic carbocycles. The van der Waals surface area contributed by atoms with Crippen LogP contribution in [0.3, 0.4) is 0 Å².